The Labute approximate surface area is 714 Å². The van der Waals surface area contributed by atoms with E-state index in [1.165, 1.54) is 54.6 Å². The molecule has 35 nitrogen and oxygen atoms in total. The maximum atomic E-state index is 14.3. The van der Waals surface area contributed by atoms with Crippen molar-refractivity contribution in [2.75, 3.05) is 56.3 Å². The second-order valence-corrected chi connectivity index (χ2v) is 34.1. The predicted octanol–water partition coefficient (Wildman–Crippen LogP) is 6.21. The number of Topliss-reactive ketones (excluding diaryl/α,β-unsaturated/α-hetero) is 5. The monoisotopic (exact) mass is 1750 g/mol. The van der Waals surface area contributed by atoms with E-state index in [1.807, 2.05) is 38.2 Å². The number of carboxylic acid groups (broad SMARTS) is 5. The summed E-state index contributed by atoms with van der Waals surface area (Å²) in [6.07, 6.45) is 4.41. The third kappa shape index (κ3) is 34.7. The number of aryl methyl sites for hydroxylation is 1. The van der Waals surface area contributed by atoms with Crippen molar-refractivity contribution in [1.29, 1.82) is 0 Å². The van der Waals surface area contributed by atoms with Gasteiger partial charge in [-0.1, -0.05) is 56.7 Å². The van der Waals surface area contributed by atoms with E-state index in [2.05, 4.69) is 93.3 Å². The normalized spacial score (nSPS) is 15.6. The summed E-state index contributed by atoms with van der Waals surface area (Å²) in [5.74, 6) is -21.9. The molecule has 2 aliphatic rings. The fraction of sp³-hybridized carbons (Fsp3) is 0.576. The first-order chi connectivity index (χ1) is 57.3. The van der Waals surface area contributed by atoms with Crippen LogP contribution < -0.4 is 42.5 Å². The van der Waals surface area contributed by atoms with Gasteiger partial charge in [0, 0.05) is 168 Å². The standard InChI is InChI=1S/C85H119N9O26S2/c1-10-93-66-32-25-51(2)42-60(66)84(5,6)71(93)22-13-11-14-23-72-85(7,8)61-47-59(122(117,118)119)29-33-67(61)94(72)40-18-12-15-24-73(101)87-39-17-16-21-64(79(86)112)92-83(116)56(28-36-76(106)107)46-70(100)63(31-38-78(110)111)91-82(115)55(27-35-75(104)105)45-69(99)62(30-37-77(108)109)90-81(114)54(26-34-74(102)103)44-58(97)49-120-41-19-20-57(96)48-88-80(113)52(3)43-68(98)65(50-121-9)89-53(4)95/h11,13-14,22-23,25,29,32-33,42,47,52,54-56,62-65H,10,12,15-21,24,26-28,30-31,34-41,43-46,48-50H2,1-9H3,(H13-,86,87,88,89,90,91,92,95,101,102,103,104,105,106,107,108,109,110,111,112,113,114,115,116,117,118,119)/p+1/t52-,54+,55+,56+,62-,63-,64-,65+/m1/s1. The molecule has 0 bridgehead atoms. The van der Waals surface area contributed by atoms with Gasteiger partial charge in [-0.2, -0.15) is 24.8 Å². The molecule has 2 heterocycles. The minimum absolute atomic E-state index is 0.0573. The molecule has 0 radical (unpaired) electrons. The number of nitrogens with zero attached hydrogens (tertiary/aromatic N) is 2. The molecule has 0 spiro atoms. The fourth-order valence-corrected chi connectivity index (χ4v) is 15.6. The van der Waals surface area contributed by atoms with Gasteiger partial charge in [-0.15, -0.1) is 0 Å². The number of aliphatic carboxylic acids is 5. The maximum absolute atomic E-state index is 14.3. The second-order valence-electron chi connectivity index (χ2n) is 31.8. The van der Waals surface area contributed by atoms with Crippen LogP contribution in [0.4, 0.5) is 11.4 Å². The Morgan fingerprint density at radius 1 is 0.566 bits per heavy atom. The van der Waals surface area contributed by atoms with Crippen LogP contribution in [0.1, 0.15) is 213 Å². The molecule has 122 heavy (non-hydrogen) atoms. The molecular formula is C85H120N9O26S2+. The lowest BCUT2D eigenvalue weighted by molar-refractivity contribution is -0.438. The number of carboxylic acids is 5. The van der Waals surface area contributed by atoms with Crippen LogP contribution in [0.3, 0.4) is 0 Å². The minimum Gasteiger partial charge on any atom is -0.481 e. The van der Waals surface area contributed by atoms with Crippen LogP contribution >= 0.6 is 11.8 Å². The summed E-state index contributed by atoms with van der Waals surface area (Å²) in [5.41, 5.74) is 11.9. The van der Waals surface area contributed by atoms with Gasteiger partial charge in [0.2, 0.25) is 47.0 Å². The molecule has 0 unspecified atom stereocenters. The Hall–Kier alpha value is -10.7. The second kappa shape index (κ2) is 50.7. The molecule has 2 aliphatic heterocycles. The summed E-state index contributed by atoms with van der Waals surface area (Å²) in [7, 11) is -4.52. The number of ketones is 5. The van der Waals surface area contributed by atoms with Crippen LogP contribution in [-0.4, -0.2) is 224 Å². The number of likely N-dealkylation sites (N-methyl/N-ethyl adjacent to an activating group) is 1. The van der Waals surface area contributed by atoms with E-state index in [-0.39, 0.29) is 80.1 Å². The molecule has 2 aromatic carbocycles. The number of nitrogens with one attached hydrogen (secondary N) is 6. The number of primary amides is 1. The van der Waals surface area contributed by atoms with Crippen molar-refractivity contribution < 1.29 is 129 Å². The van der Waals surface area contributed by atoms with Crippen molar-refractivity contribution in [3.8, 4) is 0 Å². The number of hydrogen-bond acceptors (Lipinski definition) is 22. The molecule has 14 N–H and O–H groups in total. The number of nitrogens with two attached hydrogens (primary N) is 1. The number of amides is 7. The van der Waals surface area contributed by atoms with Crippen molar-refractivity contribution in [3.05, 3.63) is 89.2 Å². The maximum Gasteiger partial charge on any atom is 0.303 e. The van der Waals surface area contributed by atoms with E-state index in [0.29, 0.717) is 37.1 Å². The lowest BCUT2D eigenvalue weighted by atomic mass is 9.81. The van der Waals surface area contributed by atoms with E-state index in [1.54, 1.807) is 12.3 Å². The summed E-state index contributed by atoms with van der Waals surface area (Å²) in [6, 6.07) is 5.21. The van der Waals surface area contributed by atoms with E-state index in [0.717, 1.165) is 23.6 Å². The molecule has 0 fully saturated rings. The Bertz CT molecular complexity index is 4400. The highest BCUT2D eigenvalue weighted by Gasteiger charge is 2.46. The molecule has 8 atom stereocenters. The van der Waals surface area contributed by atoms with Gasteiger partial charge in [0.15, 0.2) is 34.6 Å². The number of carbonyl (C=O) groups is 17. The first-order valence-corrected chi connectivity index (χ1v) is 43.7. The lowest BCUT2D eigenvalue weighted by Gasteiger charge is -2.25. The number of anilines is 1. The smallest absolute Gasteiger partial charge is 0.303 e. The van der Waals surface area contributed by atoms with Gasteiger partial charge in [0.1, 0.15) is 19.2 Å². The van der Waals surface area contributed by atoms with Gasteiger partial charge in [0.05, 0.1) is 35.0 Å². The lowest BCUT2D eigenvalue weighted by Crippen LogP contribution is -2.49. The molecule has 0 aliphatic carbocycles. The van der Waals surface area contributed by atoms with Crippen LogP contribution in [0.15, 0.2) is 77.4 Å². The van der Waals surface area contributed by atoms with Gasteiger partial charge < -0.3 is 72.8 Å². The Morgan fingerprint density at radius 2 is 1.11 bits per heavy atom. The number of fused-ring (bicyclic) bond motifs is 2. The molecule has 0 aromatic heterocycles. The molecule has 672 valence electrons. The fourth-order valence-electron chi connectivity index (χ4n) is 14.5. The van der Waals surface area contributed by atoms with Crippen LogP contribution in [0.25, 0.3) is 0 Å². The predicted molar refractivity (Wildman–Crippen MR) is 450 cm³/mol. The van der Waals surface area contributed by atoms with Gasteiger partial charge in [-0.3, -0.25) is 86.1 Å². The summed E-state index contributed by atoms with van der Waals surface area (Å²) in [5, 5.41) is 63.1. The van der Waals surface area contributed by atoms with Crippen molar-refractivity contribution >= 4 is 139 Å². The molecule has 2 aromatic rings. The Balaban J connectivity index is 1.37. The van der Waals surface area contributed by atoms with Crippen molar-refractivity contribution in [3.63, 3.8) is 0 Å². The van der Waals surface area contributed by atoms with Crippen molar-refractivity contribution in [1.82, 2.24) is 31.9 Å². The third-order valence-electron chi connectivity index (χ3n) is 21.3. The molecule has 37 heteroatoms. The van der Waals surface area contributed by atoms with Crippen LogP contribution in [-0.2, 0) is 107 Å². The number of rotatable bonds is 61. The number of allylic oxidation sites excluding steroid dienone is 6. The topological polar surface area (TPSA) is 559 Å². The summed E-state index contributed by atoms with van der Waals surface area (Å²) in [4.78, 5) is 221. The van der Waals surface area contributed by atoms with E-state index < -0.39 is 248 Å². The van der Waals surface area contributed by atoms with Crippen LogP contribution in [0, 0.1) is 30.6 Å². The van der Waals surface area contributed by atoms with Crippen LogP contribution in [0.5, 0.6) is 0 Å². The molecular weight excluding hydrogens is 1630 g/mol. The zero-order chi connectivity index (χ0) is 91.4. The van der Waals surface area contributed by atoms with E-state index >= 15 is 0 Å². The SMILES string of the molecule is CCN1C(=CC=CC=CC2=[N+](CCCCCC(=O)NCCCC[C@@H](NC(=O)[C@@H](CCC(=O)O)CC(=O)[C@@H](CCC(=O)O)NC(=O)[C@@H](CCC(=O)O)CC(=O)[C@@H](CCC(=O)O)NC(=O)[C@@H](CCC(=O)O)CC(=O)COCCCC(=O)CNC(=O)[C@H](C)CC(=O)[C@H](CSC)NC(C)=O)C(N)=O)c3ccc(S(=O)(=O)O)cc3C2(C)C)C(C)(C)c2cc(C)ccc21. The molecule has 0 saturated carbocycles. The van der Waals surface area contributed by atoms with Gasteiger partial charge in [0.25, 0.3) is 10.1 Å². The largest absolute Gasteiger partial charge is 0.481 e. The van der Waals surface area contributed by atoms with E-state index in [4.69, 9.17) is 10.5 Å². The third-order valence-corrected chi connectivity index (χ3v) is 22.8. The van der Waals surface area contributed by atoms with Gasteiger partial charge >= 0.3 is 29.8 Å². The average Bonchev–Trinajstić information content (AvgIpc) is 1.60. The summed E-state index contributed by atoms with van der Waals surface area (Å²) < 4.78 is 42.1. The Kier molecular flexibility index (Phi) is 43.1. The van der Waals surface area contributed by atoms with Gasteiger partial charge in [-0.05, 0) is 134 Å². The zero-order valence-corrected chi connectivity index (χ0v) is 72.5. The minimum atomic E-state index is -4.52. The molecule has 0 saturated heterocycles. The summed E-state index contributed by atoms with van der Waals surface area (Å²) in [6.45, 7) is 15.5. The highest BCUT2D eigenvalue weighted by molar-refractivity contribution is 7.98. The molecule has 4 rings (SSSR count). The number of hydrogen-bond donors (Lipinski definition) is 13. The quantitative estimate of drug-likeness (QED) is 0.0151. The van der Waals surface area contributed by atoms with Crippen LogP contribution in [0.2, 0.25) is 0 Å². The zero-order valence-electron chi connectivity index (χ0n) is 70.8. The number of carbonyl (C=O) groups excluding carboxylic acids is 12. The first-order valence-electron chi connectivity index (χ1n) is 40.8. The molecule has 7 amide bonds. The number of thioether (sulfide) groups is 1. The Morgan fingerprint density at radius 3 is 1.63 bits per heavy atom. The highest BCUT2D eigenvalue weighted by Crippen LogP contribution is 2.48. The average molecular weight is 1750 g/mol. The number of unbranched alkanes of at least 4 members (excludes halogenated alkanes) is 3. The first kappa shape index (κ1) is 104. The number of ether oxygens (including phenoxy) is 1. The van der Waals surface area contributed by atoms with Crippen molar-refractivity contribution in [2.24, 2.45) is 29.4 Å². The van der Waals surface area contributed by atoms with E-state index in [9.17, 15) is 120 Å². The van der Waals surface area contributed by atoms with Gasteiger partial charge in [-0.25, -0.2) is 0 Å². The van der Waals surface area contributed by atoms with Crippen molar-refractivity contribution in [2.45, 2.75) is 243 Å². The summed E-state index contributed by atoms with van der Waals surface area (Å²) >= 11 is 1.33. The number of benzene rings is 2. The highest BCUT2D eigenvalue weighted by atomic mass is 32.2.